The van der Waals surface area contributed by atoms with Crippen molar-refractivity contribution in [3.05, 3.63) is 35.9 Å². The van der Waals surface area contributed by atoms with Crippen LogP contribution in [-0.2, 0) is 0 Å². The zero-order chi connectivity index (χ0) is 12.8. The SMILES string of the molecule is CC.CN1CC(c2ccccc2)CN(C)C1=O. The number of carbonyl (C=O) groups is 1. The van der Waals surface area contributed by atoms with E-state index in [0.717, 1.165) is 13.1 Å². The van der Waals surface area contributed by atoms with E-state index in [4.69, 9.17) is 0 Å². The smallest absolute Gasteiger partial charge is 0.319 e. The van der Waals surface area contributed by atoms with Crippen LogP contribution >= 0.6 is 0 Å². The zero-order valence-corrected chi connectivity index (χ0v) is 11.2. The average molecular weight is 234 g/mol. The predicted molar refractivity (Wildman–Crippen MR) is 71.2 cm³/mol. The minimum absolute atomic E-state index is 0.113. The predicted octanol–water partition coefficient (Wildman–Crippen LogP) is 2.79. The van der Waals surface area contributed by atoms with Crippen molar-refractivity contribution in [3.63, 3.8) is 0 Å². The maximum Gasteiger partial charge on any atom is 0.319 e. The van der Waals surface area contributed by atoms with Crippen LogP contribution in [0.2, 0.25) is 0 Å². The van der Waals surface area contributed by atoms with Gasteiger partial charge < -0.3 is 9.80 Å². The van der Waals surface area contributed by atoms with Crippen LogP contribution in [0.3, 0.4) is 0 Å². The molecule has 94 valence electrons. The van der Waals surface area contributed by atoms with Crippen LogP contribution in [0.15, 0.2) is 30.3 Å². The fraction of sp³-hybridized carbons (Fsp3) is 0.500. The van der Waals surface area contributed by atoms with Gasteiger partial charge in [0, 0.05) is 33.1 Å². The molecule has 17 heavy (non-hydrogen) atoms. The average Bonchev–Trinajstić information content (AvgIpc) is 2.39. The Bertz CT molecular complexity index is 336. The maximum absolute atomic E-state index is 11.6. The summed E-state index contributed by atoms with van der Waals surface area (Å²) in [6.07, 6.45) is 0. The van der Waals surface area contributed by atoms with Gasteiger partial charge in [0.2, 0.25) is 0 Å². The lowest BCUT2D eigenvalue weighted by Crippen LogP contribution is -2.48. The first-order valence-electron chi connectivity index (χ1n) is 6.19. The molecule has 0 radical (unpaired) electrons. The van der Waals surface area contributed by atoms with Crippen molar-refractivity contribution in [3.8, 4) is 0 Å². The molecule has 1 aliphatic heterocycles. The number of benzene rings is 1. The maximum atomic E-state index is 11.6. The summed E-state index contributed by atoms with van der Waals surface area (Å²) in [5, 5.41) is 0. The third kappa shape index (κ3) is 3.22. The molecule has 1 fully saturated rings. The van der Waals surface area contributed by atoms with Crippen LogP contribution < -0.4 is 0 Å². The number of hydrogen-bond donors (Lipinski definition) is 0. The van der Waals surface area contributed by atoms with Gasteiger partial charge in [0.15, 0.2) is 0 Å². The lowest BCUT2D eigenvalue weighted by molar-refractivity contribution is 0.144. The molecule has 1 aliphatic rings. The Balaban J connectivity index is 0.000000686. The Hall–Kier alpha value is -1.51. The molecular weight excluding hydrogens is 212 g/mol. The number of rotatable bonds is 1. The van der Waals surface area contributed by atoms with Crippen molar-refractivity contribution in [2.45, 2.75) is 19.8 Å². The largest absolute Gasteiger partial charge is 0.327 e. The summed E-state index contributed by atoms with van der Waals surface area (Å²) in [5.74, 6) is 0.430. The van der Waals surface area contributed by atoms with E-state index in [1.807, 2.05) is 46.1 Å². The first kappa shape index (κ1) is 13.6. The first-order valence-corrected chi connectivity index (χ1v) is 6.19. The molecule has 0 unspecified atom stereocenters. The zero-order valence-electron chi connectivity index (χ0n) is 11.2. The van der Waals surface area contributed by atoms with Crippen molar-refractivity contribution in [1.82, 2.24) is 9.80 Å². The number of carbonyl (C=O) groups excluding carboxylic acids is 1. The summed E-state index contributed by atoms with van der Waals surface area (Å²) in [5.41, 5.74) is 1.31. The number of urea groups is 1. The van der Waals surface area contributed by atoms with Crippen LogP contribution in [0.5, 0.6) is 0 Å². The van der Waals surface area contributed by atoms with E-state index in [-0.39, 0.29) is 6.03 Å². The molecule has 0 spiro atoms. The molecule has 1 aromatic rings. The van der Waals surface area contributed by atoms with Crippen LogP contribution in [0.1, 0.15) is 25.3 Å². The molecule has 0 aliphatic carbocycles. The van der Waals surface area contributed by atoms with Crippen LogP contribution in [0, 0.1) is 0 Å². The van der Waals surface area contributed by atoms with Gasteiger partial charge in [0.1, 0.15) is 0 Å². The summed E-state index contributed by atoms with van der Waals surface area (Å²) in [6, 6.07) is 10.5. The van der Waals surface area contributed by atoms with Crippen molar-refractivity contribution < 1.29 is 4.79 Å². The Morgan fingerprint density at radius 1 is 1.00 bits per heavy atom. The summed E-state index contributed by atoms with van der Waals surface area (Å²) in [6.45, 7) is 5.63. The fourth-order valence-corrected chi connectivity index (χ4v) is 2.10. The summed E-state index contributed by atoms with van der Waals surface area (Å²) in [4.78, 5) is 15.1. The molecule has 3 nitrogen and oxygen atoms in total. The minimum Gasteiger partial charge on any atom is -0.327 e. The number of hydrogen-bond acceptors (Lipinski definition) is 1. The Morgan fingerprint density at radius 2 is 1.47 bits per heavy atom. The molecule has 0 saturated carbocycles. The second-order valence-electron chi connectivity index (χ2n) is 4.15. The summed E-state index contributed by atoms with van der Waals surface area (Å²) >= 11 is 0. The lowest BCUT2D eigenvalue weighted by Gasteiger charge is -2.36. The Morgan fingerprint density at radius 3 is 1.94 bits per heavy atom. The monoisotopic (exact) mass is 234 g/mol. The minimum atomic E-state index is 0.113. The second-order valence-corrected chi connectivity index (χ2v) is 4.15. The summed E-state index contributed by atoms with van der Waals surface area (Å²) < 4.78 is 0. The van der Waals surface area contributed by atoms with Gasteiger partial charge in [-0.25, -0.2) is 4.79 Å². The van der Waals surface area contributed by atoms with Gasteiger partial charge in [-0.2, -0.15) is 0 Å². The van der Waals surface area contributed by atoms with E-state index in [0.29, 0.717) is 5.92 Å². The van der Waals surface area contributed by atoms with Gasteiger partial charge in [-0.1, -0.05) is 44.2 Å². The molecule has 0 atom stereocenters. The fourth-order valence-electron chi connectivity index (χ4n) is 2.10. The van der Waals surface area contributed by atoms with Crippen molar-refractivity contribution in [2.24, 2.45) is 0 Å². The molecule has 2 amide bonds. The van der Waals surface area contributed by atoms with Crippen LogP contribution in [0.4, 0.5) is 4.79 Å². The van der Waals surface area contributed by atoms with E-state index >= 15 is 0 Å². The van der Waals surface area contributed by atoms with Gasteiger partial charge in [-0.05, 0) is 5.56 Å². The molecule has 0 N–H and O–H groups in total. The second kappa shape index (κ2) is 6.28. The van der Waals surface area contributed by atoms with Crippen LogP contribution in [-0.4, -0.2) is 43.0 Å². The van der Waals surface area contributed by atoms with E-state index in [1.54, 1.807) is 9.80 Å². The van der Waals surface area contributed by atoms with Crippen molar-refractivity contribution in [2.75, 3.05) is 27.2 Å². The van der Waals surface area contributed by atoms with Gasteiger partial charge in [-0.3, -0.25) is 0 Å². The highest BCUT2D eigenvalue weighted by Crippen LogP contribution is 2.22. The number of amides is 2. The molecular formula is C14H22N2O. The van der Waals surface area contributed by atoms with E-state index in [2.05, 4.69) is 12.1 Å². The molecule has 3 heteroatoms. The Kier molecular flexibility index (Phi) is 5.01. The third-order valence-corrected chi connectivity index (χ3v) is 2.91. The van der Waals surface area contributed by atoms with Gasteiger partial charge in [0.05, 0.1) is 0 Å². The van der Waals surface area contributed by atoms with Gasteiger partial charge in [0.25, 0.3) is 0 Å². The highest BCUT2D eigenvalue weighted by molar-refractivity contribution is 5.75. The highest BCUT2D eigenvalue weighted by Gasteiger charge is 2.27. The van der Waals surface area contributed by atoms with E-state index < -0.39 is 0 Å². The molecule has 1 saturated heterocycles. The molecule has 0 aromatic heterocycles. The van der Waals surface area contributed by atoms with Gasteiger partial charge in [-0.15, -0.1) is 0 Å². The normalized spacial score (nSPS) is 16.6. The van der Waals surface area contributed by atoms with Crippen molar-refractivity contribution >= 4 is 6.03 Å². The van der Waals surface area contributed by atoms with Gasteiger partial charge >= 0.3 is 6.03 Å². The number of nitrogens with zero attached hydrogens (tertiary/aromatic N) is 2. The third-order valence-electron chi connectivity index (χ3n) is 2.91. The Labute approximate surface area is 104 Å². The first-order chi connectivity index (χ1) is 8.18. The molecule has 1 heterocycles. The molecule has 1 aromatic carbocycles. The molecule has 0 bridgehead atoms. The topological polar surface area (TPSA) is 23.6 Å². The highest BCUT2D eigenvalue weighted by atomic mass is 16.2. The molecule has 2 rings (SSSR count). The van der Waals surface area contributed by atoms with Crippen molar-refractivity contribution in [1.29, 1.82) is 0 Å². The van der Waals surface area contributed by atoms with Crippen LogP contribution in [0.25, 0.3) is 0 Å². The van der Waals surface area contributed by atoms with E-state index in [1.165, 1.54) is 5.56 Å². The standard InChI is InChI=1S/C12H16N2O.C2H6/c1-13-8-11(9-14(2)12(13)15)10-6-4-3-5-7-10;1-2/h3-7,11H,8-9H2,1-2H3;1-2H3. The number of likely N-dealkylation sites (N-methyl/N-ethyl adjacent to an activating group) is 2. The quantitative estimate of drug-likeness (QED) is 0.733. The van der Waals surface area contributed by atoms with E-state index in [9.17, 15) is 4.79 Å². The lowest BCUT2D eigenvalue weighted by atomic mass is 9.97. The summed E-state index contributed by atoms with van der Waals surface area (Å²) in [7, 11) is 3.71.